The molecule has 0 aromatic rings. The number of nitrogens with zero attached hydrogens (tertiary/aromatic N) is 1. The summed E-state index contributed by atoms with van der Waals surface area (Å²) in [7, 11) is 0. The molecule has 1 rings (SSSR count). The Morgan fingerprint density at radius 2 is 1.48 bits per heavy atom. The second kappa shape index (κ2) is 14.0. The summed E-state index contributed by atoms with van der Waals surface area (Å²) in [4.78, 5) is 0. The van der Waals surface area contributed by atoms with E-state index in [2.05, 4.69) is 6.92 Å². The molecule has 150 valence electrons. The van der Waals surface area contributed by atoms with Crippen molar-refractivity contribution in [1.29, 1.82) is 0 Å². The van der Waals surface area contributed by atoms with Crippen LogP contribution in [0.4, 0.5) is 0 Å². The summed E-state index contributed by atoms with van der Waals surface area (Å²) in [6.45, 7) is 6.04. The van der Waals surface area contributed by atoms with Gasteiger partial charge < -0.3 is 19.7 Å². The summed E-state index contributed by atoms with van der Waals surface area (Å²) in [5, 5.41) is 22.7. The Labute approximate surface area is 156 Å². The lowest BCUT2D eigenvalue weighted by Gasteiger charge is -2.48. The molecular weight excluding hydrogens is 314 g/mol. The van der Waals surface area contributed by atoms with Crippen LogP contribution in [0, 0.1) is 5.21 Å². The molecular formula is C21H43NO3. The van der Waals surface area contributed by atoms with Crippen LogP contribution in [0.5, 0.6) is 0 Å². The number of hydrogen-bond acceptors (Lipinski definition) is 3. The lowest BCUT2D eigenvalue weighted by atomic mass is 10.0. The van der Waals surface area contributed by atoms with E-state index in [9.17, 15) is 10.3 Å². The minimum atomic E-state index is -0.453. The summed E-state index contributed by atoms with van der Waals surface area (Å²) >= 11 is 0. The van der Waals surface area contributed by atoms with Gasteiger partial charge in [0.25, 0.3) is 0 Å². The van der Waals surface area contributed by atoms with Gasteiger partial charge in [-0.25, -0.2) is 0 Å². The first-order valence-corrected chi connectivity index (χ1v) is 10.9. The summed E-state index contributed by atoms with van der Waals surface area (Å²) in [6, 6.07) is 0. The number of rotatable bonds is 15. The minimum Gasteiger partial charge on any atom is -0.633 e. The van der Waals surface area contributed by atoms with Crippen molar-refractivity contribution in [2.45, 2.75) is 110 Å². The van der Waals surface area contributed by atoms with E-state index in [0.717, 1.165) is 12.8 Å². The standard InChI is InChI=1S/C21H43NO3/c1-3-4-5-6-7-8-9-10-11-12-13-14-15-21(23)19-22(24)16-17-25-20(2)18-22/h20-21,23H,3-19H2,1-2H3. The first kappa shape index (κ1) is 22.9. The van der Waals surface area contributed by atoms with Crippen molar-refractivity contribution in [3.63, 3.8) is 0 Å². The van der Waals surface area contributed by atoms with Crippen molar-refractivity contribution in [3.8, 4) is 0 Å². The molecule has 0 bridgehead atoms. The average Bonchev–Trinajstić information content (AvgIpc) is 2.55. The highest BCUT2D eigenvalue weighted by atomic mass is 16.6. The van der Waals surface area contributed by atoms with Crippen LogP contribution in [0.2, 0.25) is 0 Å². The fraction of sp³-hybridized carbons (Fsp3) is 1.00. The third-order valence-corrected chi connectivity index (χ3v) is 5.43. The Balaban J connectivity index is 1.89. The average molecular weight is 358 g/mol. The van der Waals surface area contributed by atoms with Crippen LogP contribution < -0.4 is 0 Å². The molecule has 1 aliphatic rings. The molecule has 1 aliphatic heterocycles. The zero-order valence-corrected chi connectivity index (χ0v) is 16.9. The van der Waals surface area contributed by atoms with Gasteiger partial charge in [0.1, 0.15) is 31.8 Å². The van der Waals surface area contributed by atoms with E-state index in [-0.39, 0.29) is 10.8 Å². The van der Waals surface area contributed by atoms with Crippen LogP contribution in [0.15, 0.2) is 0 Å². The lowest BCUT2D eigenvalue weighted by Crippen LogP contribution is -2.56. The van der Waals surface area contributed by atoms with E-state index in [1.165, 1.54) is 70.6 Å². The molecule has 1 N–H and O–H groups in total. The van der Waals surface area contributed by atoms with Crippen LogP contribution >= 0.6 is 0 Å². The molecule has 0 amide bonds. The fourth-order valence-corrected chi connectivity index (χ4v) is 3.89. The van der Waals surface area contributed by atoms with Gasteiger partial charge in [-0.2, -0.15) is 0 Å². The zero-order valence-electron chi connectivity index (χ0n) is 16.9. The second-order valence-corrected chi connectivity index (χ2v) is 8.16. The first-order chi connectivity index (χ1) is 12.1. The van der Waals surface area contributed by atoms with Gasteiger partial charge in [0.05, 0.1) is 6.61 Å². The monoisotopic (exact) mass is 357 g/mol. The van der Waals surface area contributed by atoms with Crippen molar-refractivity contribution in [1.82, 2.24) is 0 Å². The van der Waals surface area contributed by atoms with Gasteiger partial charge in [-0.15, -0.1) is 0 Å². The number of aliphatic hydroxyl groups excluding tert-OH is 1. The number of unbranched alkanes of at least 4 members (excludes halogenated alkanes) is 11. The molecule has 1 saturated heterocycles. The van der Waals surface area contributed by atoms with Gasteiger partial charge in [0.2, 0.25) is 0 Å². The summed E-state index contributed by atoms with van der Waals surface area (Å²) in [6.07, 6.45) is 16.2. The van der Waals surface area contributed by atoms with E-state index in [0.29, 0.717) is 26.2 Å². The molecule has 0 spiro atoms. The lowest BCUT2D eigenvalue weighted by molar-refractivity contribution is -0.895. The number of quaternary nitrogens is 1. The number of ether oxygens (including phenoxy) is 1. The SMILES string of the molecule is CCCCCCCCCCCCCCC(O)C[N+]1([O-])CCOC(C)C1. The maximum Gasteiger partial charge on any atom is 0.105 e. The topological polar surface area (TPSA) is 52.5 Å². The normalized spacial score (nSPS) is 25.2. The van der Waals surface area contributed by atoms with Gasteiger partial charge in [0, 0.05) is 0 Å². The predicted molar refractivity (Wildman–Crippen MR) is 105 cm³/mol. The third kappa shape index (κ3) is 12.0. The van der Waals surface area contributed by atoms with Crippen LogP contribution in [0.3, 0.4) is 0 Å². The maximum atomic E-state index is 12.6. The Hall–Kier alpha value is -0.160. The molecule has 3 atom stereocenters. The first-order valence-electron chi connectivity index (χ1n) is 10.9. The van der Waals surface area contributed by atoms with E-state index in [1.807, 2.05) is 6.92 Å². The quantitative estimate of drug-likeness (QED) is 0.250. The molecule has 0 radical (unpaired) electrons. The van der Waals surface area contributed by atoms with Gasteiger partial charge >= 0.3 is 0 Å². The molecule has 0 saturated carbocycles. The smallest absolute Gasteiger partial charge is 0.105 e. The van der Waals surface area contributed by atoms with Crippen molar-refractivity contribution >= 4 is 0 Å². The Kier molecular flexibility index (Phi) is 12.8. The van der Waals surface area contributed by atoms with Crippen LogP contribution in [0.25, 0.3) is 0 Å². The van der Waals surface area contributed by atoms with Gasteiger partial charge in [-0.1, -0.05) is 84.0 Å². The van der Waals surface area contributed by atoms with Crippen molar-refractivity contribution in [2.75, 3.05) is 26.2 Å². The van der Waals surface area contributed by atoms with Gasteiger partial charge in [0.15, 0.2) is 0 Å². The predicted octanol–water partition coefficient (Wildman–Crippen LogP) is 5.17. The Morgan fingerprint density at radius 1 is 0.960 bits per heavy atom. The van der Waals surface area contributed by atoms with Crippen molar-refractivity contribution in [2.24, 2.45) is 0 Å². The van der Waals surface area contributed by atoms with E-state index in [4.69, 9.17) is 4.74 Å². The second-order valence-electron chi connectivity index (χ2n) is 8.16. The van der Waals surface area contributed by atoms with Crippen LogP contribution in [-0.2, 0) is 4.74 Å². The van der Waals surface area contributed by atoms with E-state index < -0.39 is 6.10 Å². The van der Waals surface area contributed by atoms with E-state index in [1.54, 1.807) is 0 Å². The number of hydrogen-bond donors (Lipinski definition) is 1. The maximum absolute atomic E-state index is 12.6. The number of hydroxylamine groups is 3. The third-order valence-electron chi connectivity index (χ3n) is 5.43. The highest BCUT2D eigenvalue weighted by Gasteiger charge is 2.28. The summed E-state index contributed by atoms with van der Waals surface area (Å²) < 4.78 is 5.16. The molecule has 1 heterocycles. The number of morpholine rings is 1. The van der Waals surface area contributed by atoms with Crippen molar-refractivity contribution in [3.05, 3.63) is 5.21 Å². The van der Waals surface area contributed by atoms with Crippen LogP contribution in [0.1, 0.15) is 97.3 Å². The molecule has 0 aromatic carbocycles. The molecule has 1 fully saturated rings. The van der Waals surface area contributed by atoms with Crippen LogP contribution in [-0.4, -0.2) is 48.2 Å². The van der Waals surface area contributed by atoms with Crippen molar-refractivity contribution < 1.29 is 14.5 Å². The largest absolute Gasteiger partial charge is 0.633 e. The summed E-state index contributed by atoms with van der Waals surface area (Å²) in [5.74, 6) is 0. The molecule has 0 aromatic heterocycles. The van der Waals surface area contributed by atoms with Gasteiger partial charge in [-0.3, -0.25) is 0 Å². The Morgan fingerprint density at radius 3 is 2.00 bits per heavy atom. The summed E-state index contributed by atoms with van der Waals surface area (Å²) in [5.41, 5.74) is 0. The van der Waals surface area contributed by atoms with Gasteiger partial charge in [-0.05, 0) is 13.3 Å². The van der Waals surface area contributed by atoms with E-state index >= 15 is 0 Å². The Bertz CT molecular complexity index is 314. The highest BCUT2D eigenvalue weighted by molar-refractivity contribution is 4.63. The molecule has 4 nitrogen and oxygen atoms in total. The number of aliphatic hydroxyl groups is 1. The zero-order chi connectivity index (χ0) is 18.4. The molecule has 4 heteroatoms. The fourth-order valence-electron chi connectivity index (χ4n) is 3.89. The molecule has 25 heavy (non-hydrogen) atoms. The highest BCUT2D eigenvalue weighted by Crippen LogP contribution is 2.17. The molecule has 3 unspecified atom stereocenters. The molecule has 0 aliphatic carbocycles. The minimum absolute atomic E-state index is 0.0186.